The molecule has 0 saturated heterocycles. The second kappa shape index (κ2) is 4.24. The van der Waals surface area contributed by atoms with Gasteiger partial charge in [-0.15, -0.1) is 0 Å². The van der Waals surface area contributed by atoms with Gasteiger partial charge in [0.1, 0.15) is 11.9 Å². The lowest BCUT2D eigenvalue weighted by Gasteiger charge is -2.02. The van der Waals surface area contributed by atoms with Crippen LogP contribution >= 0.6 is 0 Å². The maximum atomic E-state index is 8.59. The molecule has 0 fully saturated rings. The predicted octanol–water partition coefficient (Wildman–Crippen LogP) is 1.29. The van der Waals surface area contributed by atoms with Crippen molar-refractivity contribution in [1.29, 1.82) is 5.26 Å². The molecule has 0 radical (unpaired) electrons. The SMILES string of the molecule is N#Cc1ccc(NCc2cn[nH]c2)nc1. The third kappa shape index (κ3) is 2.31. The van der Waals surface area contributed by atoms with Crippen molar-refractivity contribution in [1.82, 2.24) is 15.2 Å². The number of pyridine rings is 1. The van der Waals surface area contributed by atoms with Crippen LogP contribution in [0, 0.1) is 11.3 Å². The summed E-state index contributed by atoms with van der Waals surface area (Å²) in [6, 6.07) is 5.52. The zero-order valence-electron chi connectivity index (χ0n) is 7.94. The minimum Gasteiger partial charge on any atom is -0.366 e. The molecule has 5 heteroatoms. The van der Waals surface area contributed by atoms with E-state index < -0.39 is 0 Å². The monoisotopic (exact) mass is 199 g/mol. The Morgan fingerprint density at radius 1 is 1.40 bits per heavy atom. The van der Waals surface area contributed by atoms with E-state index in [2.05, 4.69) is 20.5 Å². The highest BCUT2D eigenvalue weighted by Gasteiger charge is 1.96. The van der Waals surface area contributed by atoms with Crippen molar-refractivity contribution in [2.24, 2.45) is 0 Å². The topological polar surface area (TPSA) is 77.4 Å². The smallest absolute Gasteiger partial charge is 0.126 e. The summed E-state index contributed by atoms with van der Waals surface area (Å²) in [5, 5.41) is 18.3. The van der Waals surface area contributed by atoms with Gasteiger partial charge >= 0.3 is 0 Å². The second-order valence-corrected chi connectivity index (χ2v) is 3.00. The molecule has 0 aliphatic rings. The van der Waals surface area contributed by atoms with Crippen LogP contribution in [0.5, 0.6) is 0 Å². The molecule has 0 saturated carbocycles. The molecule has 2 rings (SSSR count). The summed E-state index contributed by atoms with van der Waals surface area (Å²) in [4.78, 5) is 4.08. The van der Waals surface area contributed by atoms with Crippen LogP contribution < -0.4 is 5.32 Å². The number of rotatable bonds is 3. The fourth-order valence-electron chi connectivity index (χ4n) is 1.13. The number of nitriles is 1. The van der Waals surface area contributed by atoms with E-state index in [9.17, 15) is 0 Å². The standard InChI is InChI=1S/C10H9N5/c11-3-8-1-2-10(12-4-8)13-5-9-6-14-15-7-9/h1-2,4,6-7H,5H2,(H,12,13)(H,14,15). The van der Waals surface area contributed by atoms with E-state index in [1.54, 1.807) is 18.3 Å². The summed E-state index contributed by atoms with van der Waals surface area (Å²) in [5.74, 6) is 0.746. The van der Waals surface area contributed by atoms with E-state index in [0.717, 1.165) is 11.4 Å². The highest BCUT2D eigenvalue weighted by Crippen LogP contribution is 2.05. The van der Waals surface area contributed by atoms with Crippen molar-refractivity contribution in [3.05, 3.63) is 41.9 Å². The summed E-state index contributed by atoms with van der Waals surface area (Å²) in [6.45, 7) is 0.662. The lowest BCUT2D eigenvalue weighted by atomic mass is 10.3. The van der Waals surface area contributed by atoms with Gasteiger partial charge in [0.05, 0.1) is 11.8 Å². The van der Waals surface area contributed by atoms with Crippen molar-refractivity contribution in [2.75, 3.05) is 5.32 Å². The van der Waals surface area contributed by atoms with Gasteiger partial charge in [-0.3, -0.25) is 5.10 Å². The van der Waals surface area contributed by atoms with Crippen LogP contribution in [0.25, 0.3) is 0 Å². The van der Waals surface area contributed by atoms with E-state index in [-0.39, 0.29) is 0 Å². The third-order valence-electron chi connectivity index (χ3n) is 1.92. The Kier molecular flexibility index (Phi) is 2.61. The van der Waals surface area contributed by atoms with Gasteiger partial charge in [-0.1, -0.05) is 0 Å². The minimum atomic E-state index is 0.559. The zero-order chi connectivity index (χ0) is 10.5. The van der Waals surface area contributed by atoms with Gasteiger partial charge in [0.15, 0.2) is 0 Å². The molecule has 0 atom stereocenters. The molecule has 0 amide bonds. The number of aromatic nitrogens is 3. The van der Waals surface area contributed by atoms with Crippen LogP contribution in [0.15, 0.2) is 30.7 Å². The van der Waals surface area contributed by atoms with Crippen molar-refractivity contribution in [2.45, 2.75) is 6.54 Å². The molecule has 15 heavy (non-hydrogen) atoms. The van der Waals surface area contributed by atoms with Crippen LogP contribution in [0.4, 0.5) is 5.82 Å². The fourth-order valence-corrected chi connectivity index (χ4v) is 1.13. The van der Waals surface area contributed by atoms with Gasteiger partial charge in [-0.25, -0.2) is 4.98 Å². The summed E-state index contributed by atoms with van der Waals surface area (Å²) < 4.78 is 0. The molecule has 0 aliphatic carbocycles. The number of hydrogen-bond donors (Lipinski definition) is 2. The quantitative estimate of drug-likeness (QED) is 0.780. The molecule has 0 unspecified atom stereocenters. The Morgan fingerprint density at radius 2 is 2.33 bits per heavy atom. The molecule has 5 nitrogen and oxygen atoms in total. The third-order valence-corrected chi connectivity index (χ3v) is 1.92. The number of nitrogens with zero attached hydrogens (tertiary/aromatic N) is 3. The first-order valence-corrected chi connectivity index (χ1v) is 4.46. The zero-order valence-corrected chi connectivity index (χ0v) is 7.94. The second-order valence-electron chi connectivity index (χ2n) is 3.00. The highest BCUT2D eigenvalue weighted by molar-refractivity contribution is 5.39. The van der Waals surface area contributed by atoms with Gasteiger partial charge in [-0.05, 0) is 12.1 Å². The highest BCUT2D eigenvalue weighted by atomic mass is 15.1. The Bertz CT molecular complexity index is 452. The molecular weight excluding hydrogens is 190 g/mol. The number of H-pyrrole nitrogens is 1. The average Bonchev–Trinajstić information content (AvgIpc) is 2.80. The van der Waals surface area contributed by atoms with Crippen LogP contribution in [-0.2, 0) is 6.54 Å². The minimum absolute atomic E-state index is 0.559. The molecule has 2 heterocycles. The van der Waals surface area contributed by atoms with Crippen molar-refractivity contribution >= 4 is 5.82 Å². The Balaban J connectivity index is 1.97. The molecule has 2 N–H and O–H groups in total. The molecule has 2 aromatic heterocycles. The molecule has 74 valence electrons. The maximum absolute atomic E-state index is 8.59. The number of anilines is 1. The largest absolute Gasteiger partial charge is 0.366 e. The van der Waals surface area contributed by atoms with Gasteiger partial charge in [0, 0.05) is 24.5 Å². The van der Waals surface area contributed by atoms with E-state index in [4.69, 9.17) is 5.26 Å². The van der Waals surface area contributed by atoms with Crippen LogP contribution in [0.2, 0.25) is 0 Å². The summed E-state index contributed by atoms with van der Waals surface area (Å²) in [7, 11) is 0. The number of nitrogens with one attached hydrogen (secondary N) is 2. The Morgan fingerprint density at radius 3 is 2.93 bits per heavy atom. The van der Waals surface area contributed by atoms with Gasteiger partial charge in [-0.2, -0.15) is 10.4 Å². The van der Waals surface area contributed by atoms with Gasteiger partial charge in [0.25, 0.3) is 0 Å². The lowest BCUT2D eigenvalue weighted by molar-refractivity contribution is 1.09. The lowest BCUT2D eigenvalue weighted by Crippen LogP contribution is -2.00. The van der Waals surface area contributed by atoms with E-state index in [1.165, 1.54) is 6.20 Å². The molecule has 0 aromatic carbocycles. The normalized spacial score (nSPS) is 9.53. The summed E-state index contributed by atoms with van der Waals surface area (Å²) in [6.07, 6.45) is 5.10. The van der Waals surface area contributed by atoms with E-state index in [1.807, 2.05) is 12.3 Å². The molecule has 0 spiro atoms. The Labute approximate surface area is 86.8 Å². The summed E-state index contributed by atoms with van der Waals surface area (Å²) in [5.41, 5.74) is 1.62. The molecule has 2 aromatic rings. The average molecular weight is 199 g/mol. The first-order chi connectivity index (χ1) is 7.38. The van der Waals surface area contributed by atoms with Gasteiger partial charge in [0.2, 0.25) is 0 Å². The first kappa shape index (κ1) is 9.21. The molecule has 0 aliphatic heterocycles. The first-order valence-electron chi connectivity index (χ1n) is 4.46. The molecule has 0 bridgehead atoms. The van der Waals surface area contributed by atoms with Crippen molar-refractivity contribution in [3.8, 4) is 6.07 Å². The maximum Gasteiger partial charge on any atom is 0.126 e. The molecular formula is C10H9N5. The van der Waals surface area contributed by atoms with Crippen LogP contribution in [-0.4, -0.2) is 15.2 Å². The van der Waals surface area contributed by atoms with Crippen molar-refractivity contribution in [3.63, 3.8) is 0 Å². The Hall–Kier alpha value is -2.35. The van der Waals surface area contributed by atoms with Gasteiger partial charge < -0.3 is 5.32 Å². The van der Waals surface area contributed by atoms with E-state index >= 15 is 0 Å². The fraction of sp³-hybridized carbons (Fsp3) is 0.100. The number of hydrogen-bond acceptors (Lipinski definition) is 4. The van der Waals surface area contributed by atoms with Crippen LogP contribution in [0.3, 0.4) is 0 Å². The number of aromatic amines is 1. The van der Waals surface area contributed by atoms with Crippen LogP contribution in [0.1, 0.15) is 11.1 Å². The predicted molar refractivity (Wildman–Crippen MR) is 54.9 cm³/mol. The van der Waals surface area contributed by atoms with E-state index in [0.29, 0.717) is 12.1 Å². The van der Waals surface area contributed by atoms with Crippen molar-refractivity contribution < 1.29 is 0 Å². The summed E-state index contributed by atoms with van der Waals surface area (Å²) >= 11 is 0.